The van der Waals surface area contributed by atoms with Crippen molar-refractivity contribution < 1.29 is 14.0 Å². The molecule has 1 aromatic heterocycles. The fourth-order valence-corrected chi connectivity index (χ4v) is 5.55. The van der Waals surface area contributed by atoms with E-state index in [9.17, 15) is 4.79 Å². The number of aromatic amines is 1. The highest BCUT2D eigenvalue weighted by Crippen LogP contribution is 2.47. The highest BCUT2D eigenvalue weighted by atomic mass is 16.5. The van der Waals surface area contributed by atoms with E-state index in [0.717, 1.165) is 43.3 Å². The van der Waals surface area contributed by atoms with Gasteiger partial charge >= 0.3 is 5.97 Å². The van der Waals surface area contributed by atoms with E-state index in [1.54, 1.807) is 0 Å². The minimum atomic E-state index is 0.00935. The van der Waals surface area contributed by atoms with Crippen LogP contribution in [0.2, 0.25) is 0 Å². The number of likely N-dealkylation sites (N-methyl/N-ethyl adjacent to an activating group) is 1. The smallest absolute Gasteiger partial charge is 0.314 e. The van der Waals surface area contributed by atoms with Crippen LogP contribution < -0.4 is 0 Å². The van der Waals surface area contributed by atoms with Crippen molar-refractivity contribution in [2.75, 3.05) is 26.7 Å². The minimum Gasteiger partial charge on any atom is -0.465 e. The molecule has 140 valence electrons. The van der Waals surface area contributed by atoms with Crippen LogP contribution in [0.15, 0.2) is 24.4 Å². The summed E-state index contributed by atoms with van der Waals surface area (Å²) in [6.45, 7) is 6.87. The second-order valence-electron chi connectivity index (χ2n) is 8.45. The first kappa shape index (κ1) is 17.6. The van der Waals surface area contributed by atoms with Gasteiger partial charge in [-0.2, -0.15) is 0 Å². The van der Waals surface area contributed by atoms with Gasteiger partial charge in [-0.15, -0.1) is 0 Å². The Labute approximate surface area is 156 Å². The van der Waals surface area contributed by atoms with Crippen LogP contribution in [-0.2, 0) is 16.0 Å². The lowest BCUT2D eigenvalue weighted by molar-refractivity contribution is -0.942. The molecule has 0 saturated carbocycles. The van der Waals surface area contributed by atoms with Crippen LogP contribution >= 0.6 is 0 Å². The molecule has 26 heavy (non-hydrogen) atoms. The first-order chi connectivity index (χ1) is 12.6. The Kier molecular flexibility index (Phi) is 4.55. The zero-order valence-electron chi connectivity index (χ0n) is 16.3. The van der Waals surface area contributed by atoms with Gasteiger partial charge in [0, 0.05) is 29.4 Å². The fraction of sp³-hybridized carbons (Fsp3) is 0.591. The standard InChI is InChI=1S/C22H31N2O2/c1-4-9-24(3)14-16(22(25)26-10-5-2)11-18-17-7-6-8-19-21(17)15(13-23-19)12-20(18)24/h6-8,13,16,18,20,23H,4-5,9-12,14H2,1-3H3/q+1/t16-,18-,20-,24?/m1/s1. The Hall–Kier alpha value is -1.81. The summed E-state index contributed by atoms with van der Waals surface area (Å²) in [7, 11) is 2.36. The first-order valence-electron chi connectivity index (χ1n) is 10.2. The Bertz CT molecular complexity index is 812. The number of carbonyl (C=O) groups excluding carboxylic acids is 1. The normalized spacial score (nSPS) is 30.2. The topological polar surface area (TPSA) is 42.1 Å². The molecule has 2 aliphatic rings. The number of quaternary nitrogens is 1. The molecule has 1 aromatic carbocycles. The van der Waals surface area contributed by atoms with Crippen molar-refractivity contribution in [3.8, 4) is 0 Å². The predicted octanol–water partition coefficient (Wildman–Crippen LogP) is 4.01. The zero-order valence-corrected chi connectivity index (χ0v) is 16.3. The summed E-state index contributed by atoms with van der Waals surface area (Å²) in [5, 5.41) is 1.40. The Morgan fingerprint density at radius 3 is 2.92 bits per heavy atom. The van der Waals surface area contributed by atoms with Gasteiger partial charge in [0.1, 0.15) is 5.92 Å². The monoisotopic (exact) mass is 355 g/mol. The van der Waals surface area contributed by atoms with E-state index in [0.29, 0.717) is 18.6 Å². The number of ether oxygens (including phenoxy) is 1. The van der Waals surface area contributed by atoms with Gasteiger partial charge < -0.3 is 14.2 Å². The third kappa shape index (κ3) is 2.75. The number of hydrogen-bond acceptors (Lipinski definition) is 2. The third-order valence-electron chi connectivity index (χ3n) is 6.61. The van der Waals surface area contributed by atoms with Crippen molar-refractivity contribution in [3.05, 3.63) is 35.5 Å². The molecule has 2 aromatic rings. The zero-order chi connectivity index (χ0) is 18.3. The van der Waals surface area contributed by atoms with Crippen molar-refractivity contribution in [1.29, 1.82) is 0 Å². The maximum absolute atomic E-state index is 12.7. The van der Waals surface area contributed by atoms with Crippen molar-refractivity contribution in [2.45, 2.75) is 51.5 Å². The van der Waals surface area contributed by atoms with E-state index in [4.69, 9.17) is 4.74 Å². The number of fused-ring (bicyclic) bond motifs is 2. The number of hydrogen-bond donors (Lipinski definition) is 1. The molecule has 0 spiro atoms. The van der Waals surface area contributed by atoms with Crippen molar-refractivity contribution >= 4 is 16.9 Å². The summed E-state index contributed by atoms with van der Waals surface area (Å²) in [5.74, 6) is 0.458. The quantitative estimate of drug-likeness (QED) is 0.650. The Morgan fingerprint density at radius 2 is 2.15 bits per heavy atom. The van der Waals surface area contributed by atoms with Crippen molar-refractivity contribution in [3.63, 3.8) is 0 Å². The molecule has 4 heteroatoms. The van der Waals surface area contributed by atoms with Crippen LogP contribution in [0.1, 0.15) is 50.2 Å². The van der Waals surface area contributed by atoms with E-state index in [1.165, 1.54) is 22.0 Å². The molecular weight excluding hydrogens is 324 g/mol. The minimum absolute atomic E-state index is 0.00935. The molecule has 2 heterocycles. The number of carbonyl (C=O) groups is 1. The number of likely N-dealkylation sites (tertiary alicyclic amines) is 1. The largest absolute Gasteiger partial charge is 0.465 e. The van der Waals surface area contributed by atoms with Crippen LogP contribution in [-0.4, -0.2) is 48.2 Å². The molecule has 0 bridgehead atoms. The number of benzene rings is 1. The highest BCUT2D eigenvalue weighted by Gasteiger charge is 2.50. The summed E-state index contributed by atoms with van der Waals surface area (Å²) < 4.78 is 6.53. The van der Waals surface area contributed by atoms with Crippen molar-refractivity contribution in [2.24, 2.45) is 5.92 Å². The molecule has 1 aliphatic heterocycles. The Morgan fingerprint density at radius 1 is 1.31 bits per heavy atom. The van der Waals surface area contributed by atoms with Gasteiger partial charge in [0.05, 0.1) is 32.8 Å². The molecule has 1 N–H and O–H groups in total. The van der Waals surface area contributed by atoms with Crippen LogP contribution in [0.5, 0.6) is 0 Å². The van der Waals surface area contributed by atoms with Gasteiger partial charge in [0.25, 0.3) is 0 Å². The molecule has 1 saturated heterocycles. The number of rotatable bonds is 5. The second-order valence-corrected chi connectivity index (χ2v) is 8.45. The average Bonchev–Trinajstić information content (AvgIpc) is 3.05. The van der Waals surface area contributed by atoms with E-state index >= 15 is 0 Å². The molecule has 4 nitrogen and oxygen atoms in total. The maximum Gasteiger partial charge on any atom is 0.314 e. The van der Waals surface area contributed by atoms with Gasteiger partial charge in [0.2, 0.25) is 0 Å². The number of aromatic nitrogens is 1. The number of H-pyrrole nitrogens is 1. The van der Waals surface area contributed by atoms with E-state index in [2.05, 4.69) is 50.3 Å². The number of esters is 1. The molecule has 1 unspecified atom stereocenters. The van der Waals surface area contributed by atoms with E-state index in [-0.39, 0.29) is 11.9 Å². The second kappa shape index (κ2) is 6.73. The molecule has 4 atom stereocenters. The summed E-state index contributed by atoms with van der Waals surface area (Å²) in [5.41, 5.74) is 4.11. The molecular formula is C22H31N2O2+. The van der Waals surface area contributed by atoms with Gasteiger partial charge in [-0.1, -0.05) is 26.0 Å². The molecule has 1 fully saturated rings. The molecule has 4 rings (SSSR count). The SMILES string of the molecule is CCCOC(=O)[C@@H]1C[C@@H]2c3cccc4[nH]cc(c34)C[C@H]2[N+](C)(CCC)C1. The summed E-state index contributed by atoms with van der Waals surface area (Å²) in [4.78, 5) is 16.2. The van der Waals surface area contributed by atoms with Gasteiger partial charge in [-0.25, -0.2) is 0 Å². The molecule has 1 aliphatic carbocycles. The number of nitrogens with zero attached hydrogens (tertiary/aromatic N) is 1. The average molecular weight is 356 g/mol. The van der Waals surface area contributed by atoms with Crippen LogP contribution in [0.3, 0.4) is 0 Å². The third-order valence-corrected chi connectivity index (χ3v) is 6.61. The highest BCUT2D eigenvalue weighted by molar-refractivity contribution is 5.88. The van der Waals surface area contributed by atoms with E-state index < -0.39 is 0 Å². The lowest BCUT2D eigenvalue weighted by atomic mass is 9.71. The maximum atomic E-state index is 12.7. The number of piperidine rings is 1. The summed E-state index contributed by atoms with van der Waals surface area (Å²) in [6.07, 6.45) is 6.25. The molecule has 0 amide bonds. The Balaban J connectivity index is 1.73. The van der Waals surface area contributed by atoms with Crippen LogP contribution in [0.4, 0.5) is 0 Å². The van der Waals surface area contributed by atoms with Crippen LogP contribution in [0.25, 0.3) is 10.9 Å². The predicted molar refractivity (Wildman–Crippen MR) is 104 cm³/mol. The first-order valence-corrected chi connectivity index (χ1v) is 10.2. The molecule has 0 radical (unpaired) electrons. The van der Waals surface area contributed by atoms with Gasteiger partial charge in [0.15, 0.2) is 0 Å². The summed E-state index contributed by atoms with van der Waals surface area (Å²) >= 11 is 0. The lowest BCUT2D eigenvalue weighted by Gasteiger charge is -2.52. The van der Waals surface area contributed by atoms with Crippen molar-refractivity contribution in [1.82, 2.24) is 4.98 Å². The van der Waals surface area contributed by atoms with Gasteiger partial charge in [-0.3, -0.25) is 4.79 Å². The lowest BCUT2D eigenvalue weighted by Crippen LogP contribution is -2.63. The van der Waals surface area contributed by atoms with E-state index in [1.807, 2.05) is 0 Å². The summed E-state index contributed by atoms with van der Waals surface area (Å²) in [6, 6.07) is 7.16. The fourth-order valence-electron chi connectivity index (χ4n) is 5.55. The van der Waals surface area contributed by atoms with Gasteiger partial charge in [-0.05, 0) is 36.5 Å². The van der Waals surface area contributed by atoms with Crippen LogP contribution in [0, 0.1) is 5.92 Å². The number of nitrogens with one attached hydrogen (secondary N) is 1.